The van der Waals surface area contributed by atoms with Crippen LogP contribution in [0.1, 0.15) is 30.9 Å². The van der Waals surface area contributed by atoms with Gasteiger partial charge in [-0.1, -0.05) is 5.16 Å². The van der Waals surface area contributed by atoms with E-state index in [1.54, 1.807) is 13.1 Å². The number of hydrogen-bond donors (Lipinski definition) is 2. The molecule has 0 spiro atoms. The Morgan fingerprint density at radius 2 is 2.31 bits per heavy atom. The number of nitrogens with two attached hydrogens (primary N) is 1. The number of aromatic amines is 1. The normalized spacial score (nSPS) is 18.4. The first-order chi connectivity index (χ1) is 7.67. The Hall–Kier alpha value is -1.69. The molecule has 1 aliphatic rings. The van der Waals surface area contributed by atoms with Gasteiger partial charge in [-0.3, -0.25) is 0 Å². The fourth-order valence-electron chi connectivity index (χ4n) is 1.88. The van der Waals surface area contributed by atoms with Gasteiger partial charge >= 0.3 is 0 Å². The Bertz CT molecular complexity index is 511. The second kappa shape index (κ2) is 3.15. The van der Waals surface area contributed by atoms with Crippen molar-refractivity contribution in [3.8, 4) is 11.6 Å². The van der Waals surface area contributed by atoms with Crippen LogP contribution in [0.3, 0.4) is 0 Å². The summed E-state index contributed by atoms with van der Waals surface area (Å²) in [4.78, 5) is 11.6. The standard InChI is InChI=1S/C10H13N5O/c1-6-13-8(16-15-6)7-5-12-9(14-7)10(11)3-2-4-10/h5H,2-4,11H2,1H3,(H,12,14). The third-order valence-electron chi connectivity index (χ3n) is 3.05. The van der Waals surface area contributed by atoms with E-state index < -0.39 is 0 Å². The molecule has 0 amide bonds. The van der Waals surface area contributed by atoms with Gasteiger partial charge in [-0.15, -0.1) is 0 Å². The highest BCUT2D eigenvalue weighted by Crippen LogP contribution is 2.37. The number of rotatable bonds is 2. The van der Waals surface area contributed by atoms with Gasteiger partial charge in [0.25, 0.3) is 5.89 Å². The average Bonchev–Trinajstić information content (AvgIpc) is 2.82. The van der Waals surface area contributed by atoms with Crippen molar-refractivity contribution in [3.05, 3.63) is 17.8 Å². The molecule has 3 N–H and O–H groups in total. The van der Waals surface area contributed by atoms with E-state index in [1.165, 1.54) is 0 Å². The largest absolute Gasteiger partial charge is 0.336 e. The molecule has 6 heteroatoms. The van der Waals surface area contributed by atoms with Crippen LogP contribution in [-0.4, -0.2) is 20.1 Å². The molecule has 2 aromatic rings. The van der Waals surface area contributed by atoms with Crippen molar-refractivity contribution in [3.63, 3.8) is 0 Å². The Morgan fingerprint density at radius 3 is 2.88 bits per heavy atom. The van der Waals surface area contributed by atoms with Crippen molar-refractivity contribution >= 4 is 0 Å². The molecule has 0 aromatic carbocycles. The van der Waals surface area contributed by atoms with Crippen molar-refractivity contribution < 1.29 is 4.52 Å². The Kier molecular flexibility index (Phi) is 1.88. The molecular weight excluding hydrogens is 206 g/mol. The van der Waals surface area contributed by atoms with E-state index in [2.05, 4.69) is 20.1 Å². The second-order valence-electron chi connectivity index (χ2n) is 4.30. The smallest absolute Gasteiger partial charge is 0.275 e. The predicted octanol–water partition coefficient (Wildman–Crippen LogP) is 1.11. The quantitative estimate of drug-likeness (QED) is 0.789. The lowest BCUT2D eigenvalue weighted by molar-refractivity contribution is 0.240. The van der Waals surface area contributed by atoms with Crippen LogP contribution in [0.25, 0.3) is 11.6 Å². The summed E-state index contributed by atoms with van der Waals surface area (Å²) in [7, 11) is 0. The molecular formula is C10H13N5O. The highest BCUT2D eigenvalue weighted by Gasteiger charge is 2.37. The molecule has 0 radical (unpaired) electrons. The van der Waals surface area contributed by atoms with E-state index in [1.807, 2.05) is 0 Å². The van der Waals surface area contributed by atoms with Crippen molar-refractivity contribution in [2.45, 2.75) is 31.7 Å². The molecule has 1 saturated carbocycles. The fraction of sp³-hybridized carbons (Fsp3) is 0.500. The molecule has 0 saturated heterocycles. The number of H-pyrrole nitrogens is 1. The zero-order valence-electron chi connectivity index (χ0n) is 9.03. The molecule has 16 heavy (non-hydrogen) atoms. The minimum atomic E-state index is -0.284. The highest BCUT2D eigenvalue weighted by atomic mass is 16.5. The topological polar surface area (TPSA) is 93.6 Å². The van der Waals surface area contributed by atoms with Gasteiger partial charge in [0.05, 0.1) is 11.7 Å². The van der Waals surface area contributed by atoms with Gasteiger partial charge in [0.2, 0.25) is 0 Å². The summed E-state index contributed by atoms with van der Waals surface area (Å²) < 4.78 is 5.05. The Labute approximate surface area is 92.3 Å². The van der Waals surface area contributed by atoms with Crippen molar-refractivity contribution in [1.82, 2.24) is 20.1 Å². The first-order valence-corrected chi connectivity index (χ1v) is 5.32. The summed E-state index contributed by atoms with van der Waals surface area (Å²) in [5, 5.41) is 3.73. The van der Waals surface area contributed by atoms with Crippen LogP contribution in [0.15, 0.2) is 10.7 Å². The molecule has 0 aliphatic heterocycles. The maximum absolute atomic E-state index is 6.16. The maximum Gasteiger partial charge on any atom is 0.275 e. The van der Waals surface area contributed by atoms with Crippen molar-refractivity contribution in [2.24, 2.45) is 5.73 Å². The number of imidazole rings is 1. The molecule has 3 rings (SSSR count). The zero-order valence-corrected chi connectivity index (χ0v) is 9.03. The number of nitrogens with one attached hydrogen (secondary N) is 1. The summed E-state index contributed by atoms with van der Waals surface area (Å²) in [6.45, 7) is 1.78. The van der Waals surface area contributed by atoms with Gasteiger partial charge in [0.15, 0.2) is 5.82 Å². The van der Waals surface area contributed by atoms with Crippen LogP contribution in [0, 0.1) is 6.92 Å². The third-order valence-corrected chi connectivity index (χ3v) is 3.05. The van der Waals surface area contributed by atoms with E-state index >= 15 is 0 Å². The van der Waals surface area contributed by atoms with Gasteiger partial charge in [-0.25, -0.2) is 4.98 Å². The Morgan fingerprint density at radius 1 is 1.50 bits per heavy atom. The van der Waals surface area contributed by atoms with E-state index in [4.69, 9.17) is 10.3 Å². The Balaban J connectivity index is 1.93. The summed E-state index contributed by atoms with van der Waals surface area (Å²) in [5.41, 5.74) is 6.60. The van der Waals surface area contributed by atoms with E-state index in [9.17, 15) is 0 Å². The second-order valence-corrected chi connectivity index (χ2v) is 4.30. The number of aryl methyl sites for hydroxylation is 1. The average molecular weight is 219 g/mol. The van der Waals surface area contributed by atoms with Gasteiger partial charge in [-0.2, -0.15) is 4.98 Å². The molecule has 84 valence electrons. The molecule has 0 bridgehead atoms. The van der Waals surface area contributed by atoms with Crippen LogP contribution in [0.4, 0.5) is 0 Å². The van der Waals surface area contributed by atoms with E-state index in [0.29, 0.717) is 11.7 Å². The fourth-order valence-corrected chi connectivity index (χ4v) is 1.88. The lowest BCUT2D eigenvalue weighted by Crippen LogP contribution is -2.44. The lowest BCUT2D eigenvalue weighted by Gasteiger charge is -2.35. The van der Waals surface area contributed by atoms with E-state index in [-0.39, 0.29) is 5.54 Å². The van der Waals surface area contributed by atoms with Crippen LogP contribution in [0.5, 0.6) is 0 Å². The minimum absolute atomic E-state index is 0.284. The lowest BCUT2D eigenvalue weighted by atomic mass is 9.77. The monoisotopic (exact) mass is 219 g/mol. The van der Waals surface area contributed by atoms with Crippen LogP contribution < -0.4 is 5.73 Å². The van der Waals surface area contributed by atoms with Crippen LogP contribution >= 0.6 is 0 Å². The molecule has 0 atom stereocenters. The number of hydrogen-bond acceptors (Lipinski definition) is 5. The van der Waals surface area contributed by atoms with Crippen molar-refractivity contribution in [2.75, 3.05) is 0 Å². The molecule has 2 heterocycles. The van der Waals surface area contributed by atoms with Crippen LogP contribution in [-0.2, 0) is 5.54 Å². The SMILES string of the molecule is Cc1noc(-c2cnc(C3(N)CCC3)[nH]2)n1. The molecule has 0 unspecified atom stereocenters. The first kappa shape index (κ1) is 9.53. The number of nitrogens with zero attached hydrogens (tertiary/aromatic N) is 3. The molecule has 1 fully saturated rings. The predicted molar refractivity (Wildman–Crippen MR) is 56.3 cm³/mol. The zero-order chi connectivity index (χ0) is 11.2. The van der Waals surface area contributed by atoms with Gasteiger partial charge in [0.1, 0.15) is 11.5 Å². The summed E-state index contributed by atoms with van der Waals surface area (Å²) in [6.07, 6.45) is 4.80. The highest BCUT2D eigenvalue weighted by molar-refractivity contribution is 5.45. The van der Waals surface area contributed by atoms with Gasteiger partial charge in [0, 0.05) is 0 Å². The van der Waals surface area contributed by atoms with Crippen molar-refractivity contribution in [1.29, 1.82) is 0 Å². The molecule has 1 aliphatic carbocycles. The summed E-state index contributed by atoms with van der Waals surface area (Å²) in [6, 6.07) is 0. The summed E-state index contributed by atoms with van der Waals surface area (Å²) in [5.74, 6) is 1.88. The van der Waals surface area contributed by atoms with Gasteiger partial charge < -0.3 is 15.2 Å². The number of aromatic nitrogens is 4. The third kappa shape index (κ3) is 1.34. The first-order valence-electron chi connectivity index (χ1n) is 5.32. The van der Waals surface area contributed by atoms with E-state index in [0.717, 1.165) is 30.8 Å². The molecule has 2 aromatic heterocycles. The molecule has 6 nitrogen and oxygen atoms in total. The minimum Gasteiger partial charge on any atom is -0.336 e. The summed E-state index contributed by atoms with van der Waals surface area (Å²) >= 11 is 0. The van der Waals surface area contributed by atoms with Gasteiger partial charge in [-0.05, 0) is 26.2 Å². The maximum atomic E-state index is 6.16. The van der Waals surface area contributed by atoms with Crippen LogP contribution in [0.2, 0.25) is 0 Å².